The molecule has 0 unspecified atom stereocenters. The van der Waals surface area contributed by atoms with Crippen molar-refractivity contribution in [3.63, 3.8) is 0 Å². The molecular formula is C20H19N3O2. The van der Waals surface area contributed by atoms with Crippen LogP contribution in [0.3, 0.4) is 0 Å². The summed E-state index contributed by atoms with van der Waals surface area (Å²) in [5, 5.41) is 13.4. The maximum Gasteiger partial charge on any atom is 0.337 e. The summed E-state index contributed by atoms with van der Waals surface area (Å²) in [4.78, 5) is 16.4. The number of hydrogen-bond donors (Lipinski definition) is 2. The lowest BCUT2D eigenvalue weighted by molar-refractivity contribution is 0.0695. The second kappa shape index (κ2) is 4.85. The van der Waals surface area contributed by atoms with Crippen LogP contribution in [-0.2, 0) is 19.3 Å². The molecule has 1 aliphatic heterocycles. The van der Waals surface area contributed by atoms with Crippen molar-refractivity contribution in [2.24, 2.45) is 0 Å². The van der Waals surface area contributed by atoms with Gasteiger partial charge >= 0.3 is 5.97 Å². The highest BCUT2D eigenvalue weighted by molar-refractivity contribution is 5.94. The second-order valence-corrected chi connectivity index (χ2v) is 7.34. The van der Waals surface area contributed by atoms with Gasteiger partial charge in [0, 0.05) is 17.9 Å². The van der Waals surface area contributed by atoms with Gasteiger partial charge in [-0.2, -0.15) is 0 Å². The standard InChI is InChI=1S/C20H19N3O2/c1-12-10-23-11-16(19(24)25)15-6-7-20(22-17(15)18(23)21-12)8-13-4-2-3-5-14(13)9-20/h2-5,10-11,22H,6-9H2,1H3,(H,24,25). The van der Waals surface area contributed by atoms with E-state index >= 15 is 0 Å². The Morgan fingerprint density at radius 3 is 2.64 bits per heavy atom. The number of aryl methyl sites for hydroxylation is 1. The highest BCUT2D eigenvalue weighted by Gasteiger charge is 2.41. The molecule has 0 saturated carbocycles. The second-order valence-electron chi connectivity index (χ2n) is 7.34. The molecule has 3 heterocycles. The van der Waals surface area contributed by atoms with Crippen LogP contribution >= 0.6 is 0 Å². The van der Waals surface area contributed by atoms with Crippen molar-refractivity contribution in [3.05, 3.63) is 64.6 Å². The van der Waals surface area contributed by atoms with E-state index in [0.29, 0.717) is 5.56 Å². The third kappa shape index (κ3) is 2.08. The van der Waals surface area contributed by atoms with E-state index in [1.54, 1.807) is 6.20 Å². The molecule has 0 saturated heterocycles. The number of fused-ring (bicyclic) bond motifs is 4. The maximum absolute atomic E-state index is 11.8. The minimum atomic E-state index is -0.878. The largest absolute Gasteiger partial charge is 0.478 e. The molecule has 3 aromatic rings. The number of anilines is 1. The van der Waals surface area contributed by atoms with Gasteiger partial charge in [0.25, 0.3) is 0 Å². The summed E-state index contributed by atoms with van der Waals surface area (Å²) in [5.41, 5.74) is 6.62. The van der Waals surface area contributed by atoms with Crippen molar-refractivity contribution in [2.75, 3.05) is 5.32 Å². The Kier molecular flexibility index (Phi) is 2.82. The van der Waals surface area contributed by atoms with Crippen molar-refractivity contribution in [1.82, 2.24) is 9.38 Å². The van der Waals surface area contributed by atoms with Gasteiger partial charge in [-0.05, 0) is 49.3 Å². The van der Waals surface area contributed by atoms with E-state index in [4.69, 9.17) is 0 Å². The minimum Gasteiger partial charge on any atom is -0.478 e. The predicted octanol–water partition coefficient (Wildman–Crippen LogP) is 3.24. The lowest BCUT2D eigenvalue weighted by Gasteiger charge is -2.37. The molecule has 5 heteroatoms. The molecule has 1 aliphatic carbocycles. The van der Waals surface area contributed by atoms with Crippen LogP contribution in [0.4, 0.5) is 5.69 Å². The summed E-state index contributed by atoms with van der Waals surface area (Å²) in [6, 6.07) is 8.58. The van der Waals surface area contributed by atoms with Gasteiger partial charge in [0.2, 0.25) is 0 Å². The lowest BCUT2D eigenvalue weighted by atomic mass is 9.83. The zero-order valence-corrected chi connectivity index (χ0v) is 14.0. The molecule has 1 spiro atoms. The predicted molar refractivity (Wildman–Crippen MR) is 95.4 cm³/mol. The maximum atomic E-state index is 11.8. The number of pyridine rings is 1. The molecule has 0 fully saturated rings. The van der Waals surface area contributed by atoms with Crippen molar-refractivity contribution in [2.45, 2.75) is 38.1 Å². The smallest absolute Gasteiger partial charge is 0.337 e. The summed E-state index contributed by atoms with van der Waals surface area (Å²) in [6.45, 7) is 1.93. The number of carboxylic acid groups (broad SMARTS) is 1. The molecule has 0 atom stereocenters. The van der Waals surface area contributed by atoms with E-state index in [1.807, 2.05) is 17.5 Å². The average molecular weight is 333 g/mol. The Bertz CT molecular complexity index is 1010. The summed E-state index contributed by atoms with van der Waals surface area (Å²) in [7, 11) is 0. The third-order valence-electron chi connectivity index (χ3n) is 5.62. The van der Waals surface area contributed by atoms with Gasteiger partial charge in [0.1, 0.15) is 0 Å². The summed E-state index contributed by atoms with van der Waals surface area (Å²) < 4.78 is 1.84. The van der Waals surface area contributed by atoms with Gasteiger partial charge in [-0.1, -0.05) is 24.3 Å². The van der Waals surface area contributed by atoms with Crippen LogP contribution in [0.1, 0.15) is 39.2 Å². The fraction of sp³-hybridized carbons (Fsp3) is 0.300. The summed E-state index contributed by atoms with van der Waals surface area (Å²) in [6.07, 6.45) is 7.23. The Balaban J connectivity index is 1.66. The van der Waals surface area contributed by atoms with Gasteiger partial charge in [0.05, 0.1) is 16.9 Å². The van der Waals surface area contributed by atoms with Crippen LogP contribution < -0.4 is 5.32 Å². The zero-order chi connectivity index (χ0) is 17.2. The summed E-state index contributed by atoms with van der Waals surface area (Å²) in [5.74, 6) is -0.878. The normalized spacial score (nSPS) is 17.3. The van der Waals surface area contributed by atoms with Crippen LogP contribution in [0.5, 0.6) is 0 Å². The van der Waals surface area contributed by atoms with Crippen molar-refractivity contribution < 1.29 is 9.90 Å². The van der Waals surface area contributed by atoms with Crippen molar-refractivity contribution >= 4 is 17.3 Å². The Labute approximate surface area is 145 Å². The SMILES string of the molecule is Cc1cn2cc(C(=O)O)c3c(c2n1)NC1(CC3)Cc2ccccc2C1. The monoisotopic (exact) mass is 333 g/mol. The van der Waals surface area contributed by atoms with E-state index in [1.165, 1.54) is 11.1 Å². The summed E-state index contributed by atoms with van der Waals surface area (Å²) >= 11 is 0. The van der Waals surface area contributed by atoms with Crippen molar-refractivity contribution in [3.8, 4) is 0 Å². The first-order valence-corrected chi connectivity index (χ1v) is 8.64. The number of imidazole rings is 1. The molecule has 2 aliphatic rings. The van der Waals surface area contributed by atoms with Crippen LogP contribution in [-0.4, -0.2) is 26.0 Å². The Hall–Kier alpha value is -2.82. The molecule has 0 amide bonds. The molecule has 1 aromatic carbocycles. The van der Waals surface area contributed by atoms with Gasteiger partial charge in [-0.3, -0.25) is 0 Å². The molecule has 5 nitrogen and oxygen atoms in total. The molecule has 126 valence electrons. The van der Waals surface area contributed by atoms with Crippen LogP contribution in [0.2, 0.25) is 0 Å². The highest BCUT2D eigenvalue weighted by Crippen LogP contribution is 2.42. The number of aromatic carboxylic acids is 1. The van der Waals surface area contributed by atoms with E-state index in [0.717, 1.165) is 48.3 Å². The first-order chi connectivity index (χ1) is 12.0. The number of carboxylic acids is 1. The number of benzene rings is 1. The van der Waals surface area contributed by atoms with Gasteiger partial charge < -0.3 is 14.8 Å². The topological polar surface area (TPSA) is 66.6 Å². The number of carbonyl (C=O) groups is 1. The fourth-order valence-corrected chi connectivity index (χ4v) is 4.51. The lowest BCUT2D eigenvalue weighted by Crippen LogP contribution is -2.43. The number of nitrogens with one attached hydrogen (secondary N) is 1. The fourth-order valence-electron chi connectivity index (χ4n) is 4.51. The molecule has 0 radical (unpaired) electrons. The first-order valence-electron chi connectivity index (χ1n) is 8.64. The zero-order valence-electron chi connectivity index (χ0n) is 14.0. The number of rotatable bonds is 1. The Morgan fingerprint density at radius 2 is 1.96 bits per heavy atom. The molecule has 25 heavy (non-hydrogen) atoms. The number of nitrogens with zero attached hydrogens (tertiary/aromatic N) is 2. The average Bonchev–Trinajstić information content (AvgIpc) is 3.13. The van der Waals surface area contributed by atoms with E-state index in [9.17, 15) is 9.90 Å². The highest BCUT2D eigenvalue weighted by atomic mass is 16.4. The molecular weight excluding hydrogens is 314 g/mol. The van der Waals surface area contributed by atoms with E-state index < -0.39 is 5.97 Å². The van der Waals surface area contributed by atoms with Crippen LogP contribution in [0, 0.1) is 6.92 Å². The molecule has 0 bridgehead atoms. The number of aromatic nitrogens is 2. The first kappa shape index (κ1) is 14.5. The van der Waals surface area contributed by atoms with Gasteiger partial charge in [-0.15, -0.1) is 0 Å². The van der Waals surface area contributed by atoms with E-state index in [-0.39, 0.29) is 5.54 Å². The van der Waals surface area contributed by atoms with Gasteiger partial charge in [0.15, 0.2) is 5.65 Å². The van der Waals surface area contributed by atoms with Crippen LogP contribution in [0.15, 0.2) is 36.7 Å². The Morgan fingerprint density at radius 1 is 1.24 bits per heavy atom. The van der Waals surface area contributed by atoms with Crippen molar-refractivity contribution in [1.29, 1.82) is 0 Å². The minimum absolute atomic E-state index is 0.0336. The van der Waals surface area contributed by atoms with Gasteiger partial charge in [-0.25, -0.2) is 9.78 Å². The molecule has 5 rings (SSSR count). The van der Waals surface area contributed by atoms with E-state index in [2.05, 4.69) is 34.6 Å². The van der Waals surface area contributed by atoms with Crippen LogP contribution in [0.25, 0.3) is 5.65 Å². The molecule has 2 N–H and O–H groups in total. The third-order valence-corrected chi connectivity index (χ3v) is 5.62. The molecule has 2 aromatic heterocycles. The quantitative estimate of drug-likeness (QED) is 0.717. The number of hydrogen-bond acceptors (Lipinski definition) is 3.